The Bertz CT molecular complexity index is 865. The standard InChI is InChI=1S/C19H19N3O2/c1-14-7-8-17-16(13-14)20-19(24-17)22-11-9-21(10-12-22)18(23)15-5-3-2-4-6-15/h2-8,13H,9-12H2,1H3. The maximum Gasteiger partial charge on any atom is 0.298 e. The van der Waals surface area contributed by atoms with E-state index in [0.29, 0.717) is 19.1 Å². The quantitative estimate of drug-likeness (QED) is 0.728. The normalized spacial score (nSPS) is 15.0. The molecule has 0 spiro atoms. The van der Waals surface area contributed by atoms with Crippen LogP contribution in [0.5, 0.6) is 0 Å². The molecule has 1 aromatic heterocycles. The molecule has 5 heteroatoms. The van der Waals surface area contributed by atoms with Crippen LogP contribution in [-0.4, -0.2) is 42.0 Å². The number of fused-ring (bicyclic) bond motifs is 1. The minimum Gasteiger partial charge on any atom is -0.423 e. The number of anilines is 1. The number of hydrogen-bond acceptors (Lipinski definition) is 4. The van der Waals surface area contributed by atoms with E-state index in [1.165, 1.54) is 5.56 Å². The Morgan fingerprint density at radius 2 is 1.79 bits per heavy atom. The van der Waals surface area contributed by atoms with Crippen LogP contribution in [0.2, 0.25) is 0 Å². The van der Waals surface area contributed by atoms with E-state index in [1.54, 1.807) is 0 Å². The monoisotopic (exact) mass is 321 g/mol. The number of rotatable bonds is 2. The predicted molar refractivity (Wildman–Crippen MR) is 93.3 cm³/mol. The van der Waals surface area contributed by atoms with Crippen LogP contribution in [0.15, 0.2) is 52.9 Å². The summed E-state index contributed by atoms with van der Waals surface area (Å²) < 4.78 is 5.85. The van der Waals surface area contributed by atoms with Crippen molar-refractivity contribution >= 4 is 23.0 Å². The largest absolute Gasteiger partial charge is 0.423 e. The number of aryl methyl sites for hydroxylation is 1. The first-order valence-corrected chi connectivity index (χ1v) is 8.17. The van der Waals surface area contributed by atoms with Crippen LogP contribution < -0.4 is 4.90 Å². The lowest BCUT2D eigenvalue weighted by Gasteiger charge is -2.33. The number of oxazole rings is 1. The molecule has 0 radical (unpaired) electrons. The number of piperazine rings is 1. The van der Waals surface area contributed by atoms with E-state index >= 15 is 0 Å². The molecule has 1 aliphatic heterocycles. The molecule has 0 bridgehead atoms. The summed E-state index contributed by atoms with van der Waals surface area (Å²) in [5, 5.41) is 0. The summed E-state index contributed by atoms with van der Waals surface area (Å²) in [5.41, 5.74) is 3.59. The van der Waals surface area contributed by atoms with Gasteiger partial charge in [-0.15, -0.1) is 0 Å². The van der Waals surface area contributed by atoms with Gasteiger partial charge in [0.15, 0.2) is 5.58 Å². The number of carbonyl (C=O) groups excluding carboxylic acids is 1. The average molecular weight is 321 g/mol. The van der Waals surface area contributed by atoms with E-state index in [-0.39, 0.29) is 5.91 Å². The average Bonchev–Trinajstić information content (AvgIpc) is 3.05. The number of aromatic nitrogens is 1. The van der Waals surface area contributed by atoms with Crippen molar-refractivity contribution in [2.45, 2.75) is 6.92 Å². The van der Waals surface area contributed by atoms with Gasteiger partial charge in [-0.3, -0.25) is 4.79 Å². The SMILES string of the molecule is Cc1ccc2oc(N3CCN(C(=O)c4ccccc4)CC3)nc2c1. The zero-order valence-corrected chi connectivity index (χ0v) is 13.6. The number of nitrogens with zero attached hydrogens (tertiary/aromatic N) is 3. The molecule has 1 fully saturated rings. The maximum atomic E-state index is 12.5. The van der Waals surface area contributed by atoms with E-state index in [1.807, 2.05) is 60.4 Å². The molecule has 2 aromatic carbocycles. The minimum absolute atomic E-state index is 0.0865. The number of benzene rings is 2. The highest BCUT2D eigenvalue weighted by molar-refractivity contribution is 5.94. The first-order chi connectivity index (χ1) is 11.7. The molecule has 0 N–H and O–H groups in total. The summed E-state index contributed by atoms with van der Waals surface area (Å²) in [6.45, 7) is 4.84. The molecule has 24 heavy (non-hydrogen) atoms. The first kappa shape index (κ1) is 14.8. The van der Waals surface area contributed by atoms with Crippen molar-refractivity contribution in [3.63, 3.8) is 0 Å². The second kappa shape index (κ2) is 6.00. The molecule has 3 aromatic rings. The van der Waals surface area contributed by atoms with Crippen molar-refractivity contribution in [2.24, 2.45) is 0 Å². The Hall–Kier alpha value is -2.82. The maximum absolute atomic E-state index is 12.5. The molecule has 0 saturated carbocycles. The van der Waals surface area contributed by atoms with Crippen molar-refractivity contribution in [3.8, 4) is 0 Å². The fraction of sp³-hybridized carbons (Fsp3) is 0.263. The predicted octanol–water partition coefficient (Wildman–Crippen LogP) is 3.10. The minimum atomic E-state index is 0.0865. The van der Waals surface area contributed by atoms with Crippen molar-refractivity contribution in [1.29, 1.82) is 0 Å². The number of hydrogen-bond donors (Lipinski definition) is 0. The Balaban J connectivity index is 1.46. The molecule has 2 heterocycles. The van der Waals surface area contributed by atoms with E-state index in [9.17, 15) is 4.79 Å². The van der Waals surface area contributed by atoms with Crippen molar-refractivity contribution < 1.29 is 9.21 Å². The third-order valence-corrected chi connectivity index (χ3v) is 4.39. The van der Waals surface area contributed by atoms with Crippen LogP contribution in [0.3, 0.4) is 0 Å². The van der Waals surface area contributed by atoms with Gasteiger partial charge in [0.2, 0.25) is 0 Å². The highest BCUT2D eigenvalue weighted by atomic mass is 16.4. The Kier molecular flexibility index (Phi) is 3.69. The summed E-state index contributed by atoms with van der Waals surface area (Å²) >= 11 is 0. The molecular weight excluding hydrogens is 302 g/mol. The highest BCUT2D eigenvalue weighted by Crippen LogP contribution is 2.24. The smallest absolute Gasteiger partial charge is 0.298 e. The summed E-state index contributed by atoms with van der Waals surface area (Å²) in [6.07, 6.45) is 0. The van der Waals surface area contributed by atoms with Crippen molar-refractivity contribution in [2.75, 3.05) is 31.1 Å². The zero-order valence-electron chi connectivity index (χ0n) is 13.6. The summed E-state index contributed by atoms with van der Waals surface area (Å²) in [5.74, 6) is 0.0865. The second-order valence-corrected chi connectivity index (χ2v) is 6.11. The van der Waals surface area contributed by atoms with Gasteiger partial charge in [0.05, 0.1) is 0 Å². The molecule has 5 nitrogen and oxygen atoms in total. The molecule has 4 rings (SSSR count). The number of amides is 1. The third-order valence-electron chi connectivity index (χ3n) is 4.39. The summed E-state index contributed by atoms with van der Waals surface area (Å²) in [4.78, 5) is 21.1. The fourth-order valence-electron chi connectivity index (χ4n) is 3.02. The lowest BCUT2D eigenvalue weighted by Crippen LogP contribution is -2.48. The van der Waals surface area contributed by atoms with Gasteiger partial charge in [-0.2, -0.15) is 4.98 Å². The van der Waals surface area contributed by atoms with E-state index < -0.39 is 0 Å². The van der Waals surface area contributed by atoms with Gasteiger partial charge in [0.25, 0.3) is 11.9 Å². The Morgan fingerprint density at radius 1 is 1.04 bits per heavy atom. The molecule has 0 aliphatic carbocycles. The highest BCUT2D eigenvalue weighted by Gasteiger charge is 2.24. The van der Waals surface area contributed by atoms with Gasteiger partial charge in [-0.25, -0.2) is 0 Å². The summed E-state index contributed by atoms with van der Waals surface area (Å²) in [7, 11) is 0. The van der Waals surface area contributed by atoms with Gasteiger partial charge in [0, 0.05) is 31.7 Å². The Labute approximate surface area is 140 Å². The molecule has 122 valence electrons. The third kappa shape index (κ3) is 2.73. The van der Waals surface area contributed by atoms with Gasteiger partial charge in [-0.05, 0) is 36.8 Å². The fourth-order valence-corrected chi connectivity index (χ4v) is 3.02. The molecular formula is C19H19N3O2. The van der Waals surface area contributed by atoms with Crippen LogP contribution in [0, 0.1) is 6.92 Å². The van der Waals surface area contributed by atoms with Crippen LogP contribution in [0.1, 0.15) is 15.9 Å². The van der Waals surface area contributed by atoms with Crippen LogP contribution >= 0.6 is 0 Å². The summed E-state index contributed by atoms with van der Waals surface area (Å²) in [6, 6.07) is 16.1. The van der Waals surface area contributed by atoms with Gasteiger partial charge >= 0.3 is 0 Å². The molecule has 0 unspecified atom stereocenters. The van der Waals surface area contributed by atoms with Crippen molar-refractivity contribution in [1.82, 2.24) is 9.88 Å². The van der Waals surface area contributed by atoms with Crippen LogP contribution in [0.4, 0.5) is 6.01 Å². The van der Waals surface area contributed by atoms with Crippen LogP contribution in [0.25, 0.3) is 11.1 Å². The van der Waals surface area contributed by atoms with Gasteiger partial charge in [-0.1, -0.05) is 24.3 Å². The van der Waals surface area contributed by atoms with Crippen LogP contribution in [-0.2, 0) is 0 Å². The molecule has 1 amide bonds. The molecule has 1 saturated heterocycles. The lowest BCUT2D eigenvalue weighted by atomic mass is 10.2. The number of carbonyl (C=O) groups is 1. The van der Waals surface area contributed by atoms with Gasteiger partial charge in [0.1, 0.15) is 5.52 Å². The van der Waals surface area contributed by atoms with E-state index in [0.717, 1.165) is 29.8 Å². The van der Waals surface area contributed by atoms with E-state index in [4.69, 9.17) is 4.42 Å². The van der Waals surface area contributed by atoms with Gasteiger partial charge < -0.3 is 14.2 Å². The zero-order chi connectivity index (χ0) is 16.5. The Morgan fingerprint density at radius 3 is 2.54 bits per heavy atom. The molecule has 0 atom stereocenters. The topological polar surface area (TPSA) is 49.6 Å². The first-order valence-electron chi connectivity index (χ1n) is 8.17. The molecule has 1 aliphatic rings. The lowest BCUT2D eigenvalue weighted by molar-refractivity contribution is 0.0745. The van der Waals surface area contributed by atoms with E-state index in [2.05, 4.69) is 9.88 Å². The van der Waals surface area contributed by atoms with Crippen molar-refractivity contribution in [3.05, 3.63) is 59.7 Å². The second-order valence-electron chi connectivity index (χ2n) is 6.11.